The normalized spacial score (nSPS) is 12.2. The molecule has 2 aromatic rings. The third kappa shape index (κ3) is 3.43. The van der Waals surface area contributed by atoms with Crippen molar-refractivity contribution >= 4 is 17.5 Å². The van der Waals surface area contributed by atoms with Crippen LogP contribution >= 0.6 is 11.6 Å². The molecule has 21 heavy (non-hydrogen) atoms. The zero-order valence-electron chi connectivity index (χ0n) is 12.2. The van der Waals surface area contributed by atoms with E-state index in [2.05, 4.69) is 4.98 Å². The van der Waals surface area contributed by atoms with E-state index in [4.69, 9.17) is 17.3 Å². The SMILES string of the molecule is CC(c1ccccc1Cl)N(C)C(=O)c1cn(CCN)cn1. The molecular formula is C15H19ClN4O. The van der Waals surface area contributed by atoms with Crippen LogP contribution in [0.25, 0.3) is 0 Å². The van der Waals surface area contributed by atoms with Gasteiger partial charge in [-0.15, -0.1) is 0 Å². The van der Waals surface area contributed by atoms with E-state index in [1.807, 2.05) is 31.2 Å². The summed E-state index contributed by atoms with van der Waals surface area (Å²) in [5, 5.41) is 0.651. The predicted octanol–water partition coefficient (Wildman–Crippen LogP) is 2.33. The molecule has 0 aliphatic rings. The number of imidazole rings is 1. The number of hydrogen-bond donors (Lipinski definition) is 1. The molecule has 1 unspecified atom stereocenters. The van der Waals surface area contributed by atoms with Gasteiger partial charge < -0.3 is 15.2 Å². The number of nitrogens with two attached hydrogens (primary N) is 1. The molecule has 0 fully saturated rings. The quantitative estimate of drug-likeness (QED) is 0.922. The summed E-state index contributed by atoms with van der Waals surface area (Å²) in [6.07, 6.45) is 3.33. The van der Waals surface area contributed by atoms with Gasteiger partial charge in [-0.2, -0.15) is 0 Å². The minimum absolute atomic E-state index is 0.133. The Morgan fingerprint density at radius 2 is 2.19 bits per heavy atom. The molecule has 112 valence electrons. The number of rotatable bonds is 5. The molecule has 0 aliphatic carbocycles. The number of carbonyl (C=O) groups is 1. The summed E-state index contributed by atoms with van der Waals surface area (Å²) < 4.78 is 1.81. The summed E-state index contributed by atoms with van der Waals surface area (Å²) in [6, 6.07) is 7.39. The average Bonchev–Trinajstić information content (AvgIpc) is 2.94. The van der Waals surface area contributed by atoms with Gasteiger partial charge in [0.2, 0.25) is 0 Å². The molecule has 0 bridgehead atoms. The van der Waals surface area contributed by atoms with E-state index in [0.29, 0.717) is 23.8 Å². The van der Waals surface area contributed by atoms with Gasteiger partial charge in [0.1, 0.15) is 5.69 Å². The smallest absolute Gasteiger partial charge is 0.274 e. The van der Waals surface area contributed by atoms with Crippen LogP contribution in [0.15, 0.2) is 36.8 Å². The first kappa shape index (κ1) is 15.5. The molecule has 0 radical (unpaired) electrons. The highest BCUT2D eigenvalue weighted by molar-refractivity contribution is 6.31. The summed E-state index contributed by atoms with van der Waals surface area (Å²) in [5.74, 6) is -0.141. The van der Waals surface area contributed by atoms with Gasteiger partial charge in [0.15, 0.2) is 0 Å². The second-order valence-electron chi connectivity index (χ2n) is 4.90. The highest BCUT2D eigenvalue weighted by Crippen LogP contribution is 2.26. The van der Waals surface area contributed by atoms with E-state index in [0.717, 1.165) is 5.56 Å². The third-order valence-corrected chi connectivity index (χ3v) is 3.84. The Kier molecular flexibility index (Phi) is 4.98. The van der Waals surface area contributed by atoms with Crippen LogP contribution in [0, 0.1) is 0 Å². The maximum atomic E-state index is 12.5. The molecule has 1 heterocycles. The summed E-state index contributed by atoms with van der Waals surface area (Å²) in [7, 11) is 1.75. The van der Waals surface area contributed by atoms with Gasteiger partial charge in [-0.3, -0.25) is 4.79 Å². The molecule has 0 spiro atoms. The Balaban J connectivity index is 2.16. The monoisotopic (exact) mass is 306 g/mol. The van der Waals surface area contributed by atoms with Crippen LogP contribution in [0.1, 0.15) is 29.0 Å². The van der Waals surface area contributed by atoms with Crippen molar-refractivity contribution in [2.45, 2.75) is 19.5 Å². The van der Waals surface area contributed by atoms with E-state index in [1.165, 1.54) is 0 Å². The van der Waals surface area contributed by atoms with E-state index < -0.39 is 0 Å². The van der Waals surface area contributed by atoms with Gasteiger partial charge in [-0.25, -0.2) is 4.98 Å². The van der Waals surface area contributed by atoms with Crippen LogP contribution in [0.2, 0.25) is 5.02 Å². The second-order valence-corrected chi connectivity index (χ2v) is 5.31. The first-order valence-electron chi connectivity index (χ1n) is 6.78. The Labute approximate surface area is 129 Å². The largest absolute Gasteiger partial charge is 0.335 e. The second kappa shape index (κ2) is 6.74. The van der Waals surface area contributed by atoms with E-state index in [-0.39, 0.29) is 11.9 Å². The van der Waals surface area contributed by atoms with Gasteiger partial charge >= 0.3 is 0 Å². The van der Waals surface area contributed by atoms with Gasteiger partial charge in [-0.05, 0) is 18.6 Å². The topological polar surface area (TPSA) is 64.2 Å². The van der Waals surface area contributed by atoms with Crippen molar-refractivity contribution in [2.75, 3.05) is 13.6 Å². The summed E-state index contributed by atoms with van der Waals surface area (Å²) in [5.41, 5.74) is 6.81. The zero-order chi connectivity index (χ0) is 15.4. The number of carbonyl (C=O) groups excluding carboxylic acids is 1. The standard InChI is InChI=1S/C15H19ClN4O/c1-11(12-5-3-4-6-13(12)16)19(2)15(21)14-9-20(8-7-17)10-18-14/h3-6,9-11H,7-8,17H2,1-2H3. The van der Waals surface area contributed by atoms with Crippen molar-refractivity contribution in [3.8, 4) is 0 Å². The lowest BCUT2D eigenvalue weighted by molar-refractivity contribution is 0.0737. The van der Waals surface area contributed by atoms with Crippen molar-refractivity contribution in [2.24, 2.45) is 5.73 Å². The number of amides is 1. The van der Waals surface area contributed by atoms with Crippen LogP contribution in [0.4, 0.5) is 0 Å². The maximum Gasteiger partial charge on any atom is 0.274 e. The van der Waals surface area contributed by atoms with Crippen LogP contribution in [0.5, 0.6) is 0 Å². The molecule has 0 saturated carbocycles. The van der Waals surface area contributed by atoms with Crippen molar-refractivity contribution in [3.63, 3.8) is 0 Å². The third-order valence-electron chi connectivity index (χ3n) is 3.50. The molecule has 6 heteroatoms. The molecule has 1 amide bonds. The van der Waals surface area contributed by atoms with Crippen molar-refractivity contribution in [1.82, 2.24) is 14.5 Å². The molecule has 1 atom stereocenters. The van der Waals surface area contributed by atoms with Gasteiger partial charge in [0.25, 0.3) is 5.91 Å². The molecular weight excluding hydrogens is 288 g/mol. The molecule has 1 aromatic carbocycles. The molecule has 2 rings (SSSR count). The van der Waals surface area contributed by atoms with Crippen molar-refractivity contribution < 1.29 is 4.79 Å². The van der Waals surface area contributed by atoms with Crippen LogP contribution < -0.4 is 5.73 Å². The number of nitrogens with zero attached hydrogens (tertiary/aromatic N) is 3. The molecule has 2 N–H and O–H groups in total. The first-order chi connectivity index (χ1) is 10.0. The lowest BCUT2D eigenvalue weighted by Crippen LogP contribution is -2.30. The molecule has 1 aromatic heterocycles. The fraction of sp³-hybridized carbons (Fsp3) is 0.333. The number of benzene rings is 1. The maximum absolute atomic E-state index is 12.5. The van der Waals surface area contributed by atoms with E-state index >= 15 is 0 Å². The van der Waals surface area contributed by atoms with Crippen molar-refractivity contribution in [1.29, 1.82) is 0 Å². The number of hydrogen-bond acceptors (Lipinski definition) is 3. The lowest BCUT2D eigenvalue weighted by atomic mass is 10.1. The summed E-state index contributed by atoms with van der Waals surface area (Å²) in [6.45, 7) is 3.09. The number of aromatic nitrogens is 2. The lowest BCUT2D eigenvalue weighted by Gasteiger charge is -2.25. The van der Waals surface area contributed by atoms with Gasteiger partial charge in [0.05, 0.1) is 12.4 Å². The average molecular weight is 307 g/mol. The van der Waals surface area contributed by atoms with E-state index in [9.17, 15) is 4.79 Å². The summed E-state index contributed by atoms with van der Waals surface area (Å²) in [4.78, 5) is 18.2. The minimum atomic E-state index is -0.141. The first-order valence-corrected chi connectivity index (χ1v) is 7.15. The molecule has 0 saturated heterocycles. The fourth-order valence-electron chi connectivity index (χ4n) is 2.12. The van der Waals surface area contributed by atoms with Gasteiger partial charge in [-0.1, -0.05) is 29.8 Å². The number of halogens is 1. The summed E-state index contributed by atoms with van der Waals surface area (Å²) >= 11 is 6.19. The fourth-order valence-corrected chi connectivity index (χ4v) is 2.41. The predicted molar refractivity (Wildman–Crippen MR) is 83.2 cm³/mol. The Morgan fingerprint density at radius 1 is 1.48 bits per heavy atom. The van der Waals surface area contributed by atoms with Crippen LogP contribution in [-0.2, 0) is 6.54 Å². The minimum Gasteiger partial charge on any atom is -0.335 e. The zero-order valence-corrected chi connectivity index (χ0v) is 12.9. The highest BCUT2D eigenvalue weighted by atomic mass is 35.5. The van der Waals surface area contributed by atoms with Crippen molar-refractivity contribution in [3.05, 3.63) is 53.1 Å². The van der Waals surface area contributed by atoms with E-state index in [1.54, 1.807) is 29.0 Å². The highest BCUT2D eigenvalue weighted by Gasteiger charge is 2.22. The Hall–Kier alpha value is -1.85. The Bertz CT molecular complexity index is 626. The van der Waals surface area contributed by atoms with Gasteiger partial charge in [0, 0.05) is 31.4 Å². The Morgan fingerprint density at radius 3 is 2.86 bits per heavy atom. The van der Waals surface area contributed by atoms with Crippen LogP contribution in [0.3, 0.4) is 0 Å². The molecule has 0 aliphatic heterocycles. The van der Waals surface area contributed by atoms with Crippen LogP contribution in [-0.4, -0.2) is 34.0 Å². The molecule has 5 nitrogen and oxygen atoms in total.